The van der Waals surface area contributed by atoms with Gasteiger partial charge in [0, 0.05) is 23.3 Å². The number of anilines is 1. The first kappa shape index (κ1) is 22.4. The lowest BCUT2D eigenvalue weighted by Gasteiger charge is -2.21. The van der Waals surface area contributed by atoms with Crippen molar-refractivity contribution in [3.05, 3.63) is 45.6 Å². The molecule has 0 radical (unpaired) electrons. The van der Waals surface area contributed by atoms with Crippen LogP contribution in [-0.2, 0) is 0 Å². The Morgan fingerprint density at radius 1 is 1.27 bits per heavy atom. The Kier molecular flexibility index (Phi) is 7.21. The molecule has 6 nitrogen and oxygen atoms in total. The Balaban J connectivity index is 2.03. The van der Waals surface area contributed by atoms with Crippen molar-refractivity contribution < 1.29 is 14.6 Å². The zero-order chi connectivity index (χ0) is 21.8. The minimum absolute atomic E-state index is 0.0351. The van der Waals surface area contributed by atoms with E-state index < -0.39 is 0 Å². The van der Waals surface area contributed by atoms with Crippen molar-refractivity contribution in [1.29, 1.82) is 0 Å². The summed E-state index contributed by atoms with van der Waals surface area (Å²) in [6.45, 7) is 8.26. The van der Waals surface area contributed by atoms with E-state index in [0.717, 1.165) is 24.0 Å². The van der Waals surface area contributed by atoms with E-state index in [2.05, 4.69) is 15.6 Å². The minimum atomic E-state index is -0.232. The molecule has 0 bridgehead atoms. The quantitative estimate of drug-likeness (QED) is 0.532. The zero-order valence-corrected chi connectivity index (χ0v) is 18.8. The third-order valence-corrected chi connectivity index (χ3v) is 5.50. The second kappa shape index (κ2) is 9.67. The first-order chi connectivity index (χ1) is 14.3. The summed E-state index contributed by atoms with van der Waals surface area (Å²) in [6, 6.07) is 5.29. The van der Waals surface area contributed by atoms with Crippen molar-refractivity contribution in [3.63, 3.8) is 0 Å². The Labute approximate surface area is 183 Å². The molecule has 0 spiro atoms. The van der Waals surface area contributed by atoms with Gasteiger partial charge in [-0.3, -0.25) is 4.79 Å². The van der Waals surface area contributed by atoms with E-state index in [4.69, 9.17) is 16.3 Å². The van der Waals surface area contributed by atoms with Gasteiger partial charge in [0.25, 0.3) is 5.91 Å². The smallest absolute Gasteiger partial charge is 0.258 e. The van der Waals surface area contributed by atoms with Crippen LogP contribution in [-0.4, -0.2) is 35.2 Å². The van der Waals surface area contributed by atoms with Crippen LogP contribution in [0.2, 0.25) is 5.02 Å². The summed E-state index contributed by atoms with van der Waals surface area (Å²) >= 11 is 6.15. The molecule has 1 unspecified atom stereocenters. The number of halogens is 1. The molecule has 0 aliphatic heterocycles. The third kappa shape index (κ3) is 5.43. The van der Waals surface area contributed by atoms with Crippen LogP contribution in [0.1, 0.15) is 53.4 Å². The highest BCUT2D eigenvalue weighted by molar-refractivity contribution is 6.30. The highest BCUT2D eigenvalue weighted by atomic mass is 35.5. The summed E-state index contributed by atoms with van der Waals surface area (Å²) in [4.78, 5) is 17.7. The highest BCUT2D eigenvalue weighted by Crippen LogP contribution is 2.35. The fraction of sp³-hybridized carbons (Fsp3) is 0.478. The molecule has 1 heterocycles. The fourth-order valence-corrected chi connectivity index (χ4v) is 3.68. The maximum Gasteiger partial charge on any atom is 0.258 e. The van der Waals surface area contributed by atoms with Gasteiger partial charge in [-0.05, 0) is 75.3 Å². The molecule has 2 aromatic rings. The van der Waals surface area contributed by atoms with Crippen molar-refractivity contribution in [2.75, 3.05) is 18.5 Å². The Morgan fingerprint density at radius 3 is 2.50 bits per heavy atom. The first-order valence-corrected chi connectivity index (χ1v) is 10.8. The van der Waals surface area contributed by atoms with Crippen LogP contribution in [0.15, 0.2) is 18.2 Å². The molecule has 1 atom stereocenters. The number of carbonyl (C=O) groups is 1. The van der Waals surface area contributed by atoms with Gasteiger partial charge in [0.15, 0.2) is 0 Å². The first-order valence-electron chi connectivity index (χ1n) is 10.4. The molecule has 1 amide bonds. The van der Waals surface area contributed by atoms with Crippen LogP contribution in [0.3, 0.4) is 0 Å². The van der Waals surface area contributed by atoms with Gasteiger partial charge >= 0.3 is 0 Å². The van der Waals surface area contributed by atoms with E-state index in [1.165, 1.54) is 0 Å². The SMILES string of the molecule is CCC(CO)Nc1cc(C)nc(Oc2c(C)cc(Cl)cc2C)c1C(=O)NCC1CC1. The van der Waals surface area contributed by atoms with Gasteiger partial charge in [0.05, 0.1) is 12.3 Å². The van der Waals surface area contributed by atoms with Crippen molar-refractivity contribution in [3.8, 4) is 11.6 Å². The van der Waals surface area contributed by atoms with Crippen LogP contribution < -0.4 is 15.4 Å². The third-order valence-electron chi connectivity index (χ3n) is 5.29. The molecule has 1 aromatic carbocycles. The lowest BCUT2D eigenvalue weighted by atomic mass is 10.1. The van der Waals surface area contributed by atoms with Gasteiger partial charge in [-0.2, -0.15) is 0 Å². The second-order valence-corrected chi connectivity index (χ2v) is 8.48. The average molecular weight is 432 g/mol. The number of nitrogens with one attached hydrogen (secondary N) is 2. The normalized spacial score (nSPS) is 14.3. The molecule has 30 heavy (non-hydrogen) atoms. The number of nitrogens with zero attached hydrogens (tertiary/aromatic N) is 1. The lowest BCUT2D eigenvalue weighted by molar-refractivity contribution is 0.0949. The number of amides is 1. The topological polar surface area (TPSA) is 83.5 Å². The van der Waals surface area contributed by atoms with Crippen LogP contribution in [0, 0.1) is 26.7 Å². The molecule has 1 aromatic heterocycles. The summed E-state index contributed by atoms with van der Waals surface area (Å²) in [5.74, 6) is 1.19. The number of pyridine rings is 1. The summed E-state index contributed by atoms with van der Waals surface area (Å²) in [5.41, 5.74) is 3.40. The van der Waals surface area contributed by atoms with Crippen molar-refractivity contribution in [2.45, 2.75) is 53.0 Å². The molecule has 1 aliphatic carbocycles. The Hall–Kier alpha value is -2.31. The van der Waals surface area contributed by atoms with E-state index >= 15 is 0 Å². The largest absolute Gasteiger partial charge is 0.438 e. The number of hydrogen-bond acceptors (Lipinski definition) is 5. The minimum Gasteiger partial charge on any atom is -0.438 e. The van der Waals surface area contributed by atoms with Crippen molar-refractivity contribution in [1.82, 2.24) is 10.3 Å². The van der Waals surface area contributed by atoms with E-state index in [-0.39, 0.29) is 24.4 Å². The van der Waals surface area contributed by atoms with Gasteiger partial charge in [0.2, 0.25) is 5.88 Å². The van der Waals surface area contributed by atoms with Crippen molar-refractivity contribution in [2.24, 2.45) is 5.92 Å². The van der Waals surface area contributed by atoms with Gasteiger partial charge < -0.3 is 20.5 Å². The van der Waals surface area contributed by atoms with Gasteiger partial charge in [0.1, 0.15) is 11.3 Å². The van der Waals surface area contributed by atoms with Crippen LogP contribution >= 0.6 is 11.6 Å². The van der Waals surface area contributed by atoms with E-state index in [9.17, 15) is 9.90 Å². The maximum absolute atomic E-state index is 13.1. The molecule has 1 saturated carbocycles. The molecule has 1 fully saturated rings. The van der Waals surface area contributed by atoms with E-state index in [0.29, 0.717) is 46.6 Å². The number of ether oxygens (including phenoxy) is 1. The Bertz CT molecular complexity index is 901. The monoisotopic (exact) mass is 431 g/mol. The van der Waals surface area contributed by atoms with Crippen LogP contribution in [0.5, 0.6) is 11.6 Å². The van der Waals surface area contributed by atoms with Gasteiger partial charge in [-0.15, -0.1) is 0 Å². The molecule has 7 heteroatoms. The number of aromatic nitrogens is 1. The summed E-state index contributed by atoms with van der Waals surface area (Å²) in [6.07, 6.45) is 3.01. The molecule has 3 N–H and O–H groups in total. The predicted molar refractivity (Wildman–Crippen MR) is 120 cm³/mol. The Morgan fingerprint density at radius 2 is 1.93 bits per heavy atom. The molecule has 1 aliphatic rings. The van der Waals surface area contributed by atoms with Crippen LogP contribution in [0.4, 0.5) is 5.69 Å². The highest BCUT2D eigenvalue weighted by Gasteiger charge is 2.26. The second-order valence-electron chi connectivity index (χ2n) is 8.05. The summed E-state index contributed by atoms with van der Waals surface area (Å²) in [7, 11) is 0. The molecular weight excluding hydrogens is 402 g/mol. The summed E-state index contributed by atoms with van der Waals surface area (Å²) < 4.78 is 6.21. The molecule has 162 valence electrons. The number of benzene rings is 1. The lowest BCUT2D eigenvalue weighted by Crippen LogP contribution is -2.29. The summed E-state index contributed by atoms with van der Waals surface area (Å²) in [5, 5.41) is 16.6. The number of carbonyl (C=O) groups excluding carboxylic acids is 1. The number of aliphatic hydroxyl groups excluding tert-OH is 1. The number of hydrogen-bond donors (Lipinski definition) is 3. The molecular formula is C23H30ClN3O3. The van der Waals surface area contributed by atoms with Crippen molar-refractivity contribution >= 4 is 23.2 Å². The number of aryl methyl sites for hydroxylation is 3. The van der Waals surface area contributed by atoms with Gasteiger partial charge in [-0.25, -0.2) is 4.98 Å². The number of rotatable bonds is 9. The molecule has 0 saturated heterocycles. The van der Waals surface area contributed by atoms with E-state index in [1.807, 2.05) is 45.9 Å². The number of aliphatic hydroxyl groups is 1. The molecule has 3 rings (SSSR count). The zero-order valence-electron chi connectivity index (χ0n) is 18.0. The van der Waals surface area contributed by atoms with Gasteiger partial charge in [-0.1, -0.05) is 18.5 Å². The standard InChI is InChI=1S/C23H30ClN3O3/c1-5-18(12-28)27-19-10-15(4)26-23(20(19)22(29)25-11-16-6-7-16)30-21-13(2)8-17(24)9-14(21)3/h8-10,16,18,28H,5-7,11-12H2,1-4H3,(H,25,29)(H,26,27). The maximum atomic E-state index is 13.1. The predicted octanol–water partition coefficient (Wildman–Crippen LogP) is 4.78. The van der Waals surface area contributed by atoms with Crippen LogP contribution in [0.25, 0.3) is 0 Å². The fourth-order valence-electron chi connectivity index (χ4n) is 3.35. The average Bonchev–Trinajstić information content (AvgIpc) is 3.51. The van der Waals surface area contributed by atoms with E-state index in [1.54, 1.807) is 0 Å².